The highest BCUT2D eigenvalue weighted by Gasteiger charge is 2.18. The van der Waals surface area contributed by atoms with Gasteiger partial charge < -0.3 is 15.3 Å². The van der Waals surface area contributed by atoms with E-state index in [4.69, 9.17) is 11.6 Å². The van der Waals surface area contributed by atoms with Gasteiger partial charge in [0.2, 0.25) is 0 Å². The smallest absolute Gasteiger partial charge is 0.0718 e. The van der Waals surface area contributed by atoms with Gasteiger partial charge in [0.05, 0.1) is 5.60 Å². The fourth-order valence-electron chi connectivity index (χ4n) is 2.33. The molecule has 0 bridgehead atoms. The number of aliphatic hydroxyl groups is 1. The van der Waals surface area contributed by atoms with E-state index in [1.165, 1.54) is 0 Å². The van der Waals surface area contributed by atoms with Gasteiger partial charge >= 0.3 is 0 Å². The van der Waals surface area contributed by atoms with Gasteiger partial charge in [0.15, 0.2) is 0 Å². The molecule has 20 heavy (non-hydrogen) atoms. The van der Waals surface area contributed by atoms with Crippen LogP contribution in [0.4, 0.5) is 0 Å². The Morgan fingerprint density at radius 3 is 2.60 bits per heavy atom. The maximum Gasteiger partial charge on any atom is 0.0718 e. The van der Waals surface area contributed by atoms with Gasteiger partial charge in [-0.25, -0.2) is 0 Å². The van der Waals surface area contributed by atoms with E-state index in [9.17, 15) is 5.11 Å². The molecule has 0 saturated carbocycles. The molecule has 1 unspecified atom stereocenters. The molecule has 0 aromatic heterocycles. The van der Waals surface area contributed by atoms with Crippen LogP contribution in [0.25, 0.3) is 0 Å². The summed E-state index contributed by atoms with van der Waals surface area (Å²) >= 11 is 9.72. The Balaban J connectivity index is 2.63. The minimum Gasteiger partial charge on any atom is -0.389 e. The molecule has 1 atom stereocenters. The molecule has 0 saturated heterocycles. The summed E-state index contributed by atoms with van der Waals surface area (Å²) < 4.78 is 0.986. The monoisotopic (exact) mass is 362 g/mol. The molecule has 114 valence electrons. The second-order valence-electron chi connectivity index (χ2n) is 5.85. The highest BCUT2D eigenvalue weighted by atomic mass is 79.9. The summed E-state index contributed by atoms with van der Waals surface area (Å²) in [6.07, 6.45) is 0.935. The van der Waals surface area contributed by atoms with Crippen molar-refractivity contribution in [2.75, 3.05) is 27.2 Å². The Morgan fingerprint density at radius 2 is 2.10 bits per heavy atom. The van der Waals surface area contributed by atoms with Gasteiger partial charge in [-0.05, 0) is 58.6 Å². The predicted molar refractivity (Wildman–Crippen MR) is 89.4 cm³/mol. The van der Waals surface area contributed by atoms with Crippen molar-refractivity contribution in [3.8, 4) is 0 Å². The van der Waals surface area contributed by atoms with Crippen LogP contribution >= 0.6 is 27.5 Å². The predicted octanol–water partition coefficient (Wildman–Crippen LogP) is 3.46. The van der Waals surface area contributed by atoms with Crippen LogP contribution in [-0.2, 0) is 0 Å². The van der Waals surface area contributed by atoms with E-state index < -0.39 is 5.60 Å². The van der Waals surface area contributed by atoms with Crippen LogP contribution in [0.15, 0.2) is 22.7 Å². The van der Waals surface area contributed by atoms with E-state index >= 15 is 0 Å². The highest BCUT2D eigenvalue weighted by molar-refractivity contribution is 9.10. The Kier molecular flexibility index (Phi) is 6.95. The minimum atomic E-state index is -0.668. The second-order valence-corrected chi connectivity index (χ2v) is 7.17. The summed E-state index contributed by atoms with van der Waals surface area (Å²) in [6.45, 7) is 5.19. The second kappa shape index (κ2) is 7.76. The van der Waals surface area contributed by atoms with Crippen molar-refractivity contribution in [1.82, 2.24) is 10.2 Å². The number of nitrogens with zero attached hydrogens (tertiary/aromatic N) is 1. The van der Waals surface area contributed by atoms with Crippen molar-refractivity contribution in [3.05, 3.63) is 33.3 Å². The van der Waals surface area contributed by atoms with E-state index in [1.807, 2.05) is 46.1 Å². The van der Waals surface area contributed by atoms with Crippen LogP contribution in [0.1, 0.15) is 31.9 Å². The van der Waals surface area contributed by atoms with Crippen LogP contribution in [0.3, 0.4) is 0 Å². The molecule has 2 N–H and O–H groups in total. The molecular weight excluding hydrogens is 340 g/mol. The molecule has 0 heterocycles. The normalized spacial score (nSPS) is 13.8. The van der Waals surface area contributed by atoms with Gasteiger partial charge in [-0.15, -0.1) is 0 Å². The number of rotatable bonds is 7. The molecule has 0 aliphatic rings. The van der Waals surface area contributed by atoms with Crippen LogP contribution in [0.5, 0.6) is 0 Å². The van der Waals surface area contributed by atoms with Crippen molar-refractivity contribution in [2.45, 2.75) is 31.9 Å². The van der Waals surface area contributed by atoms with E-state index in [0.29, 0.717) is 6.54 Å². The summed E-state index contributed by atoms with van der Waals surface area (Å²) in [5, 5.41) is 13.9. The SMILES string of the molecule is CNC(CCN(C)CC(C)(C)O)c1ccc(Br)cc1Cl. The lowest BCUT2D eigenvalue weighted by Gasteiger charge is -2.27. The van der Waals surface area contributed by atoms with Crippen LogP contribution in [0, 0.1) is 0 Å². The zero-order valence-electron chi connectivity index (χ0n) is 12.6. The summed E-state index contributed by atoms with van der Waals surface area (Å²) in [6, 6.07) is 6.18. The lowest BCUT2D eigenvalue weighted by Crippen LogP contribution is -2.37. The van der Waals surface area contributed by atoms with Crippen molar-refractivity contribution in [2.24, 2.45) is 0 Å². The van der Waals surface area contributed by atoms with E-state index in [-0.39, 0.29) is 6.04 Å². The summed E-state index contributed by atoms with van der Waals surface area (Å²) in [5.41, 5.74) is 0.438. The molecule has 0 aliphatic carbocycles. The maximum atomic E-state index is 9.82. The molecule has 0 radical (unpaired) electrons. The largest absolute Gasteiger partial charge is 0.389 e. The van der Waals surface area contributed by atoms with Gasteiger partial charge in [0, 0.05) is 22.1 Å². The summed E-state index contributed by atoms with van der Waals surface area (Å²) in [7, 11) is 3.97. The average molecular weight is 364 g/mol. The number of nitrogens with one attached hydrogen (secondary N) is 1. The molecule has 0 spiro atoms. The Labute approximate surface area is 135 Å². The Bertz CT molecular complexity index is 434. The zero-order chi connectivity index (χ0) is 15.3. The third-order valence-corrected chi connectivity index (χ3v) is 3.96. The van der Waals surface area contributed by atoms with Crippen molar-refractivity contribution >= 4 is 27.5 Å². The third kappa shape index (κ3) is 6.10. The fourth-order valence-corrected chi connectivity index (χ4v) is 3.13. The Morgan fingerprint density at radius 1 is 1.45 bits per heavy atom. The molecular formula is C15H24BrClN2O. The van der Waals surface area contributed by atoms with Crippen LogP contribution in [-0.4, -0.2) is 42.8 Å². The van der Waals surface area contributed by atoms with Crippen molar-refractivity contribution in [1.29, 1.82) is 0 Å². The van der Waals surface area contributed by atoms with E-state index in [0.717, 1.165) is 28.0 Å². The standard InChI is InChI=1S/C15H24BrClN2O/c1-15(2,20)10-19(4)8-7-14(18-3)12-6-5-11(16)9-13(12)17/h5-6,9,14,18,20H,7-8,10H2,1-4H3. The minimum absolute atomic E-state index is 0.208. The fraction of sp³-hybridized carbons (Fsp3) is 0.600. The first-order valence-corrected chi connectivity index (χ1v) is 7.93. The van der Waals surface area contributed by atoms with Crippen LogP contribution in [0.2, 0.25) is 5.02 Å². The molecule has 0 aliphatic heterocycles. The molecule has 1 rings (SSSR count). The number of hydrogen-bond donors (Lipinski definition) is 2. The summed E-state index contributed by atoms with van der Waals surface area (Å²) in [5.74, 6) is 0. The molecule has 1 aromatic rings. The van der Waals surface area contributed by atoms with Gasteiger partial charge in [0.1, 0.15) is 0 Å². The van der Waals surface area contributed by atoms with E-state index in [2.05, 4.69) is 26.1 Å². The molecule has 0 amide bonds. The zero-order valence-corrected chi connectivity index (χ0v) is 14.9. The molecule has 3 nitrogen and oxygen atoms in total. The molecule has 0 fully saturated rings. The lowest BCUT2D eigenvalue weighted by molar-refractivity contribution is 0.0436. The van der Waals surface area contributed by atoms with Gasteiger partial charge in [-0.1, -0.05) is 33.6 Å². The van der Waals surface area contributed by atoms with Crippen molar-refractivity contribution in [3.63, 3.8) is 0 Å². The van der Waals surface area contributed by atoms with Gasteiger partial charge in [-0.3, -0.25) is 0 Å². The van der Waals surface area contributed by atoms with Gasteiger partial charge in [-0.2, -0.15) is 0 Å². The number of halogens is 2. The highest BCUT2D eigenvalue weighted by Crippen LogP contribution is 2.28. The van der Waals surface area contributed by atoms with Crippen LogP contribution < -0.4 is 5.32 Å². The lowest BCUT2D eigenvalue weighted by atomic mass is 10.0. The first-order chi connectivity index (χ1) is 9.23. The third-order valence-electron chi connectivity index (χ3n) is 3.14. The molecule has 1 aromatic carbocycles. The average Bonchev–Trinajstić information content (AvgIpc) is 2.29. The first kappa shape index (κ1) is 17.9. The number of likely N-dealkylation sites (N-methyl/N-ethyl adjacent to an activating group) is 1. The molecule has 5 heteroatoms. The maximum absolute atomic E-state index is 9.82. The number of hydrogen-bond acceptors (Lipinski definition) is 3. The Hall–Kier alpha value is -0.130. The number of benzene rings is 1. The topological polar surface area (TPSA) is 35.5 Å². The van der Waals surface area contributed by atoms with Gasteiger partial charge in [0.25, 0.3) is 0 Å². The summed E-state index contributed by atoms with van der Waals surface area (Å²) in [4.78, 5) is 2.14. The van der Waals surface area contributed by atoms with E-state index in [1.54, 1.807) is 0 Å². The quantitative estimate of drug-likeness (QED) is 0.779. The first-order valence-electron chi connectivity index (χ1n) is 6.76. The van der Waals surface area contributed by atoms with Crippen molar-refractivity contribution < 1.29 is 5.11 Å².